The molecule has 4 aliphatic rings. The predicted molar refractivity (Wildman–Crippen MR) is 408 cm³/mol. The van der Waals surface area contributed by atoms with E-state index in [1.807, 2.05) is 99.3 Å². The molecule has 34 nitrogen and oxygen atoms in total. The summed E-state index contributed by atoms with van der Waals surface area (Å²) in [7, 11) is 8.78. The van der Waals surface area contributed by atoms with E-state index >= 15 is 0 Å². The Morgan fingerprint density at radius 2 is 0.895 bits per heavy atom. The van der Waals surface area contributed by atoms with Crippen molar-refractivity contribution in [1.82, 2.24) is 109 Å². The third-order valence-electron chi connectivity index (χ3n) is 19.4. The number of H-pyrrole nitrogens is 4. The van der Waals surface area contributed by atoms with E-state index in [1.165, 1.54) is 51.4 Å². The van der Waals surface area contributed by atoms with Gasteiger partial charge >= 0.3 is 0 Å². The quantitative estimate of drug-likeness (QED) is 0.0186. The van der Waals surface area contributed by atoms with Crippen molar-refractivity contribution < 1.29 is 18.9 Å². The fourth-order valence-corrected chi connectivity index (χ4v) is 12.6. The van der Waals surface area contributed by atoms with Crippen LogP contribution in [0, 0.1) is 23.7 Å². The highest BCUT2D eigenvalue weighted by Gasteiger charge is 2.34. The number of nitrogens with one attached hydrogen (secondary N) is 11. The van der Waals surface area contributed by atoms with E-state index in [0.717, 1.165) is 96.8 Å². The van der Waals surface area contributed by atoms with Gasteiger partial charge in [-0.2, -0.15) is 50.1 Å². The lowest BCUT2D eigenvalue weighted by Crippen LogP contribution is -2.31. The minimum Gasteiger partial charge on any atom is -0.383 e. The van der Waals surface area contributed by atoms with Gasteiger partial charge in [-0.1, -0.05) is 22.0 Å². The van der Waals surface area contributed by atoms with Gasteiger partial charge in [0.2, 0.25) is 23.8 Å². The Balaban J connectivity index is 0.000000124. The van der Waals surface area contributed by atoms with Gasteiger partial charge in [-0.05, 0) is 148 Å². The molecule has 12 aromatic rings. The summed E-state index contributed by atoms with van der Waals surface area (Å²) in [6.07, 6.45) is 27.0. The van der Waals surface area contributed by atoms with Gasteiger partial charge in [0.15, 0.2) is 16.8 Å². The summed E-state index contributed by atoms with van der Waals surface area (Å²) in [5.41, 5.74) is 4.69. The van der Waals surface area contributed by atoms with Crippen molar-refractivity contribution in [3.63, 3.8) is 0 Å². The summed E-state index contributed by atoms with van der Waals surface area (Å²) >= 11 is 6.33. The van der Waals surface area contributed by atoms with Crippen LogP contribution in [-0.4, -0.2) is 195 Å². The molecular weight excluding hydrogens is 1360 g/mol. The molecular formula is C70H97ClN30O4. The van der Waals surface area contributed by atoms with Gasteiger partial charge in [-0.15, -0.1) is 10.2 Å². The molecule has 558 valence electrons. The molecule has 0 spiro atoms. The zero-order valence-corrected chi connectivity index (χ0v) is 62.3. The molecule has 1 unspecified atom stereocenters. The Bertz CT molecular complexity index is 4620. The normalized spacial score (nSPS) is 16.2. The molecule has 16 rings (SSSR count). The van der Waals surface area contributed by atoms with Gasteiger partial charge in [-0.3, -0.25) is 9.36 Å². The van der Waals surface area contributed by atoms with Crippen LogP contribution < -0.4 is 42.1 Å². The van der Waals surface area contributed by atoms with Crippen LogP contribution in [0.3, 0.4) is 0 Å². The third kappa shape index (κ3) is 18.6. The number of rotatable bonds is 32. The Kier molecular flexibility index (Phi) is 23.1. The Morgan fingerprint density at radius 3 is 1.32 bits per heavy atom. The predicted octanol–water partition coefficient (Wildman–Crippen LogP) is 12.2. The molecule has 12 aromatic heterocycles. The molecule has 4 fully saturated rings. The summed E-state index contributed by atoms with van der Waals surface area (Å²) in [6, 6.07) is 9.92. The van der Waals surface area contributed by atoms with E-state index in [9.17, 15) is 0 Å². The van der Waals surface area contributed by atoms with Crippen LogP contribution in [0.5, 0.6) is 0 Å². The van der Waals surface area contributed by atoms with Crippen molar-refractivity contribution in [3.05, 3.63) is 85.2 Å². The fourth-order valence-electron chi connectivity index (χ4n) is 12.4. The number of hydrogen-bond acceptors (Lipinski definition) is 26. The first-order chi connectivity index (χ1) is 51.0. The van der Waals surface area contributed by atoms with Crippen LogP contribution in [0.25, 0.3) is 44.1 Å². The lowest BCUT2D eigenvalue weighted by Gasteiger charge is -2.26. The topological polar surface area (TPSA) is 388 Å². The van der Waals surface area contributed by atoms with Gasteiger partial charge in [-0.25, -0.2) is 9.36 Å². The molecule has 0 aromatic carbocycles. The lowest BCUT2D eigenvalue weighted by molar-refractivity contribution is 0.156. The van der Waals surface area contributed by atoms with Crippen LogP contribution >= 0.6 is 11.6 Å². The van der Waals surface area contributed by atoms with E-state index in [1.54, 1.807) is 48.7 Å². The molecule has 0 saturated heterocycles. The molecule has 12 heterocycles. The number of hydrogen-bond donors (Lipinski definition) is 11. The van der Waals surface area contributed by atoms with Crippen LogP contribution in [0.2, 0.25) is 5.15 Å². The highest BCUT2D eigenvalue weighted by atomic mass is 35.5. The average molecular weight is 1460 g/mol. The SMILES string of the molecule is COCC(C)n1cc(Nc2nc(N[C@@H](C)C3CC3)c3cc[nH]c3n2)nn1.COCCn1cc(Nc2nc(N[C@@H](C)C3CC3)c3cc[nH]c3n2)cn1.COC[C@H](C)n1cc(Nc2nc(N(C)[C@@H](C)C3CC3)c3cc[nH]c3n2)c(Cl)n1.COC[C@H](C)n1cc(Nc2nc(N[C@@H](C)C3CC3)c3cc[nH]c3n2)nn1. The lowest BCUT2D eigenvalue weighted by atomic mass is 10.2. The molecule has 0 amide bonds. The molecule has 4 aliphatic carbocycles. The zero-order chi connectivity index (χ0) is 73.3. The monoisotopic (exact) mass is 1460 g/mol. The summed E-state index contributed by atoms with van der Waals surface area (Å²) in [4.78, 5) is 51.9. The summed E-state index contributed by atoms with van der Waals surface area (Å²) in [5.74, 6) is 9.58. The zero-order valence-electron chi connectivity index (χ0n) is 61.6. The van der Waals surface area contributed by atoms with Crippen LogP contribution in [0.1, 0.15) is 118 Å². The second-order valence-electron chi connectivity index (χ2n) is 27.9. The summed E-state index contributed by atoms with van der Waals surface area (Å²) in [6.45, 7) is 18.0. The first-order valence-corrected chi connectivity index (χ1v) is 36.4. The molecule has 35 heteroatoms. The maximum atomic E-state index is 6.33. The summed E-state index contributed by atoms with van der Waals surface area (Å²) in [5, 5.41) is 52.9. The van der Waals surface area contributed by atoms with Crippen molar-refractivity contribution in [2.75, 3.05) is 104 Å². The van der Waals surface area contributed by atoms with Gasteiger partial charge in [0.25, 0.3) is 0 Å². The number of ether oxygens (including phenoxy) is 4. The first-order valence-electron chi connectivity index (χ1n) is 36.1. The Morgan fingerprint density at radius 1 is 0.486 bits per heavy atom. The standard InChI is InChI=1S/C19H26ClN7O.2C17H24N8O.C17H23N7O/c1-11(10-28-4)27-9-15(16(20)25-27)22-19-23-17-14(7-8-21-17)18(24-19)26(3)12(2)13-5-6-13;2*1-10(9-26-3)25-8-14(23-24-25)20-17-21-15-13(6-7-18-15)16(22-17)19-11(2)12-4-5-12;1-11(12-3-4-12)20-16-14-5-6-18-15(14)22-17(23-16)21-13-9-19-24(10-13)7-8-25-2/h7-9,11-13H,5-6,10H2,1-4H3,(H2,21,22,23,24);2*6-8,10-12H,4-5,9H2,1-3H3,(H3,18,19,20,21,22);5-6,9-12H,3-4,7-8H2,1-2H3,(H3,18,20,21,22,23)/t11-,12-;10?,11-;10-,11-;11-/m0000/s1. The van der Waals surface area contributed by atoms with Crippen molar-refractivity contribution in [3.8, 4) is 0 Å². The van der Waals surface area contributed by atoms with Crippen LogP contribution in [-0.2, 0) is 25.5 Å². The Hall–Kier alpha value is -10.3. The second kappa shape index (κ2) is 33.2. The molecule has 7 atom stereocenters. The number of anilines is 12. The second-order valence-corrected chi connectivity index (χ2v) is 28.3. The van der Waals surface area contributed by atoms with Crippen molar-refractivity contribution in [2.24, 2.45) is 23.7 Å². The van der Waals surface area contributed by atoms with E-state index in [0.29, 0.717) is 103 Å². The number of aromatic nitrogens is 22. The van der Waals surface area contributed by atoms with E-state index < -0.39 is 0 Å². The van der Waals surface area contributed by atoms with E-state index in [4.69, 9.17) is 35.5 Å². The maximum Gasteiger partial charge on any atom is 0.232 e. The summed E-state index contributed by atoms with van der Waals surface area (Å²) < 4.78 is 27.7. The third-order valence-corrected chi connectivity index (χ3v) is 19.7. The van der Waals surface area contributed by atoms with Crippen molar-refractivity contribution >= 4 is 126 Å². The average Bonchev–Trinajstić information content (AvgIpc) is 1.85. The number of halogens is 1. The molecule has 11 N–H and O–H groups in total. The maximum absolute atomic E-state index is 6.33. The number of nitrogens with zero attached hydrogens (tertiary/aromatic N) is 19. The number of methoxy groups -OCH3 is 4. The highest BCUT2D eigenvalue weighted by Crippen LogP contribution is 2.40. The van der Waals surface area contributed by atoms with Gasteiger partial charge in [0.05, 0.1) is 109 Å². The fraction of sp³-hybridized carbons (Fsp3) is 0.514. The van der Waals surface area contributed by atoms with Crippen molar-refractivity contribution in [2.45, 2.75) is 149 Å². The van der Waals surface area contributed by atoms with Crippen LogP contribution in [0.4, 0.5) is 70.1 Å². The minimum atomic E-state index is 0.0749. The smallest absolute Gasteiger partial charge is 0.232 e. The van der Waals surface area contributed by atoms with E-state index in [-0.39, 0.29) is 18.1 Å². The first kappa shape index (κ1) is 73.0. The largest absolute Gasteiger partial charge is 0.383 e. The molecule has 105 heavy (non-hydrogen) atoms. The minimum absolute atomic E-state index is 0.0749. The molecule has 0 aliphatic heterocycles. The van der Waals surface area contributed by atoms with Gasteiger partial charge in [0, 0.05) is 90.6 Å². The number of aromatic amines is 4. The van der Waals surface area contributed by atoms with Gasteiger partial charge in [0.1, 0.15) is 45.9 Å². The molecule has 0 bridgehead atoms. The van der Waals surface area contributed by atoms with Crippen molar-refractivity contribution in [1.29, 1.82) is 0 Å². The van der Waals surface area contributed by atoms with Gasteiger partial charge < -0.3 is 81.0 Å². The highest BCUT2D eigenvalue weighted by molar-refractivity contribution is 6.32. The van der Waals surface area contributed by atoms with E-state index in [2.05, 4.69) is 163 Å². The molecule has 0 radical (unpaired) electrons. The van der Waals surface area contributed by atoms with Crippen LogP contribution in [0.15, 0.2) is 80.0 Å². The molecule has 4 saturated carbocycles. The Labute approximate surface area is 612 Å². The number of fused-ring (bicyclic) bond motifs is 4.